The van der Waals surface area contributed by atoms with Crippen molar-refractivity contribution >= 4 is 10.0 Å². The Balaban J connectivity index is 2.69. The van der Waals surface area contributed by atoms with Gasteiger partial charge in [-0.05, 0) is 46.2 Å². The van der Waals surface area contributed by atoms with Gasteiger partial charge in [0, 0.05) is 11.6 Å². The van der Waals surface area contributed by atoms with Crippen LogP contribution in [0.5, 0.6) is 0 Å². The molecule has 0 aromatic heterocycles. The fraction of sp³-hybridized carbons (Fsp3) is 0.538. The minimum absolute atomic E-state index is 0.0881. The van der Waals surface area contributed by atoms with Gasteiger partial charge < -0.3 is 0 Å². The van der Waals surface area contributed by atoms with E-state index in [1.54, 1.807) is 10.4 Å². The molecule has 94 valence electrons. The minimum Gasteiger partial charge on any atom is -0.207 e. The number of rotatable bonds is 0. The van der Waals surface area contributed by atoms with Gasteiger partial charge >= 0.3 is 0 Å². The SMILES string of the molecule is Cc1ccc2c(c1)[C@H](C)N(C(C)(C)C)S2(=O)=O. The molecule has 0 radical (unpaired) electrons. The quantitative estimate of drug-likeness (QED) is 0.713. The van der Waals surface area contributed by atoms with Crippen molar-refractivity contribution in [1.82, 2.24) is 4.31 Å². The van der Waals surface area contributed by atoms with Gasteiger partial charge in [0.1, 0.15) is 0 Å². The van der Waals surface area contributed by atoms with Crippen LogP contribution in [-0.4, -0.2) is 18.3 Å². The summed E-state index contributed by atoms with van der Waals surface area (Å²) in [5.41, 5.74) is 1.62. The normalized spacial score (nSPS) is 23.7. The van der Waals surface area contributed by atoms with Gasteiger partial charge in [-0.2, -0.15) is 4.31 Å². The number of hydrogen-bond donors (Lipinski definition) is 0. The molecule has 0 fully saturated rings. The van der Waals surface area contributed by atoms with Crippen LogP contribution in [0.25, 0.3) is 0 Å². The Morgan fingerprint density at radius 3 is 2.35 bits per heavy atom. The van der Waals surface area contributed by atoms with Crippen molar-refractivity contribution in [2.75, 3.05) is 0 Å². The summed E-state index contributed by atoms with van der Waals surface area (Å²) in [6, 6.07) is 5.47. The summed E-state index contributed by atoms with van der Waals surface area (Å²) in [6.07, 6.45) is 0. The molecule has 1 aromatic rings. The van der Waals surface area contributed by atoms with Gasteiger partial charge in [-0.3, -0.25) is 0 Å². The molecular weight excluding hydrogens is 234 g/mol. The molecule has 0 amide bonds. The second-order valence-corrected chi connectivity index (χ2v) is 7.47. The predicted octanol–water partition coefficient (Wildman–Crippen LogP) is 2.86. The first-order valence-corrected chi connectivity index (χ1v) is 7.25. The minimum atomic E-state index is -3.34. The van der Waals surface area contributed by atoms with Crippen LogP contribution < -0.4 is 0 Å². The fourth-order valence-electron chi connectivity index (χ4n) is 2.61. The Hall–Kier alpha value is -0.870. The van der Waals surface area contributed by atoms with Crippen LogP contribution in [0.1, 0.15) is 44.9 Å². The Labute approximate surface area is 104 Å². The smallest absolute Gasteiger partial charge is 0.207 e. The Morgan fingerprint density at radius 2 is 1.82 bits per heavy atom. The number of hydrogen-bond acceptors (Lipinski definition) is 2. The van der Waals surface area contributed by atoms with E-state index in [4.69, 9.17) is 0 Å². The number of benzene rings is 1. The lowest BCUT2D eigenvalue weighted by Gasteiger charge is -2.33. The van der Waals surface area contributed by atoms with E-state index in [-0.39, 0.29) is 6.04 Å². The van der Waals surface area contributed by atoms with Crippen LogP contribution >= 0.6 is 0 Å². The lowest BCUT2D eigenvalue weighted by atomic mass is 10.0. The van der Waals surface area contributed by atoms with E-state index in [2.05, 4.69) is 0 Å². The topological polar surface area (TPSA) is 37.4 Å². The Morgan fingerprint density at radius 1 is 1.24 bits per heavy atom. The number of sulfonamides is 1. The van der Waals surface area contributed by atoms with Gasteiger partial charge in [0.15, 0.2) is 0 Å². The van der Waals surface area contributed by atoms with Crippen LogP contribution in [0.3, 0.4) is 0 Å². The molecule has 17 heavy (non-hydrogen) atoms. The molecule has 0 saturated carbocycles. The third-order valence-electron chi connectivity index (χ3n) is 3.17. The van der Waals surface area contributed by atoms with Gasteiger partial charge in [0.25, 0.3) is 0 Å². The van der Waals surface area contributed by atoms with Crippen LogP contribution in [-0.2, 0) is 10.0 Å². The maximum Gasteiger partial charge on any atom is 0.244 e. The van der Waals surface area contributed by atoms with Crippen molar-refractivity contribution in [3.8, 4) is 0 Å². The summed E-state index contributed by atoms with van der Waals surface area (Å²) in [6.45, 7) is 9.73. The third kappa shape index (κ3) is 1.79. The molecule has 0 saturated heterocycles. The maximum atomic E-state index is 12.5. The second-order valence-electron chi connectivity index (χ2n) is 5.69. The summed E-state index contributed by atoms with van der Waals surface area (Å²) in [4.78, 5) is 0.463. The molecule has 3 nitrogen and oxygen atoms in total. The summed E-state index contributed by atoms with van der Waals surface area (Å²) in [7, 11) is -3.34. The van der Waals surface area contributed by atoms with E-state index >= 15 is 0 Å². The molecule has 0 unspecified atom stereocenters. The van der Waals surface area contributed by atoms with Gasteiger partial charge in [0.2, 0.25) is 10.0 Å². The molecule has 1 aliphatic heterocycles. The van der Waals surface area contributed by atoms with E-state index in [1.165, 1.54) is 0 Å². The molecule has 2 rings (SSSR count). The average Bonchev–Trinajstić information content (AvgIpc) is 2.32. The van der Waals surface area contributed by atoms with Gasteiger partial charge in [-0.25, -0.2) is 8.42 Å². The number of fused-ring (bicyclic) bond motifs is 1. The monoisotopic (exact) mass is 253 g/mol. The summed E-state index contributed by atoms with van der Waals surface area (Å²) >= 11 is 0. The highest BCUT2D eigenvalue weighted by atomic mass is 32.2. The van der Waals surface area contributed by atoms with Crippen molar-refractivity contribution in [2.45, 2.75) is 51.1 Å². The van der Waals surface area contributed by atoms with E-state index in [0.717, 1.165) is 11.1 Å². The predicted molar refractivity (Wildman–Crippen MR) is 68.4 cm³/mol. The molecule has 1 aliphatic rings. The molecular formula is C13H19NO2S. The first-order chi connectivity index (χ1) is 7.65. The van der Waals surface area contributed by atoms with E-state index in [9.17, 15) is 8.42 Å². The van der Waals surface area contributed by atoms with Crippen molar-refractivity contribution in [3.05, 3.63) is 29.3 Å². The summed E-state index contributed by atoms with van der Waals surface area (Å²) < 4.78 is 26.6. The van der Waals surface area contributed by atoms with Gasteiger partial charge in [-0.15, -0.1) is 0 Å². The lowest BCUT2D eigenvalue weighted by Crippen LogP contribution is -2.43. The highest BCUT2D eigenvalue weighted by Gasteiger charge is 2.45. The van der Waals surface area contributed by atoms with Crippen LogP contribution in [0.4, 0.5) is 0 Å². The number of aryl methyl sites for hydroxylation is 1. The van der Waals surface area contributed by atoms with Crippen LogP contribution in [0.15, 0.2) is 23.1 Å². The largest absolute Gasteiger partial charge is 0.244 e. The number of nitrogens with zero attached hydrogens (tertiary/aromatic N) is 1. The molecule has 1 heterocycles. The van der Waals surface area contributed by atoms with Crippen molar-refractivity contribution in [2.24, 2.45) is 0 Å². The van der Waals surface area contributed by atoms with E-state index in [1.807, 2.05) is 46.8 Å². The van der Waals surface area contributed by atoms with Gasteiger partial charge in [-0.1, -0.05) is 17.7 Å². The highest BCUT2D eigenvalue weighted by molar-refractivity contribution is 7.89. The van der Waals surface area contributed by atoms with E-state index < -0.39 is 15.6 Å². The zero-order valence-electron chi connectivity index (χ0n) is 11.0. The lowest BCUT2D eigenvalue weighted by molar-refractivity contribution is 0.211. The zero-order chi connectivity index (χ0) is 13.0. The molecule has 4 heteroatoms. The standard InChI is InChI=1S/C13H19NO2S/c1-9-6-7-12-11(8-9)10(2)14(13(3,4)5)17(12,15)16/h6-8,10H,1-5H3/t10-/m0/s1. The second kappa shape index (κ2) is 3.56. The average molecular weight is 253 g/mol. The van der Waals surface area contributed by atoms with Crippen LogP contribution in [0.2, 0.25) is 0 Å². The molecule has 0 aliphatic carbocycles. The molecule has 0 spiro atoms. The van der Waals surface area contributed by atoms with E-state index in [0.29, 0.717) is 4.90 Å². The highest BCUT2D eigenvalue weighted by Crippen LogP contribution is 2.43. The van der Waals surface area contributed by atoms with Crippen molar-refractivity contribution in [1.29, 1.82) is 0 Å². The van der Waals surface area contributed by atoms with Crippen molar-refractivity contribution in [3.63, 3.8) is 0 Å². The molecule has 1 aromatic carbocycles. The first-order valence-electron chi connectivity index (χ1n) is 5.81. The van der Waals surface area contributed by atoms with Gasteiger partial charge in [0.05, 0.1) is 4.90 Å². The summed E-state index contributed by atoms with van der Waals surface area (Å²) in [5.74, 6) is 0. The van der Waals surface area contributed by atoms with Crippen molar-refractivity contribution < 1.29 is 8.42 Å². The summed E-state index contributed by atoms with van der Waals surface area (Å²) in [5, 5.41) is 0. The molecule has 0 N–H and O–H groups in total. The zero-order valence-corrected chi connectivity index (χ0v) is 11.8. The Kier molecular flexibility index (Phi) is 2.64. The Bertz CT molecular complexity index is 555. The van der Waals surface area contributed by atoms with Crippen LogP contribution in [0, 0.1) is 6.92 Å². The maximum absolute atomic E-state index is 12.5. The molecule has 1 atom stereocenters. The first kappa shape index (κ1) is 12.6. The third-order valence-corrected chi connectivity index (χ3v) is 5.47. The fourth-order valence-corrected chi connectivity index (χ4v) is 4.84. The molecule has 0 bridgehead atoms.